The molecule has 1 unspecified atom stereocenters. The van der Waals surface area contributed by atoms with Gasteiger partial charge < -0.3 is 5.73 Å². The summed E-state index contributed by atoms with van der Waals surface area (Å²) in [5.74, 6) is -0.181. The summed E-state index contributed by atoms with van der Waals surface area (Å²) in [4.78, 5) is 2.26. The van der Waals surface area contributed by atoms with Crippen molar-refractivity contribution in [3.8, 4) is 0 Å². The highest BCUT2D eigenvalue weighted by atomic mass is 19.1. The van der Waals surface area contributed by atoms with Gasteiger partial charge >= 0.3 is 0 Å². The first-order valence-electron chi connectivity index (χ1n) is 6.17. The fraction of sp³-hybridized carbons (Fsp3) is 0.571. The maximum Gasteiger partial charge on any atom is 0.123 e. The van der Waals surface area contributed by atoms with Crippen LogP contribution in [-0.2, 0) is 6.42 Å². The fourth-order valence-electron chi connectivity index (χ4n) is 2.05. The molecule has 1 rings (SSSR count). The molecule has 1 aromatic rings. The molecule has 96 valence electrons. The van der Waals surface area contributed by atoms with E-state index in [1.165, 1.54) is 6.07 Å². The smallest absolute Gasteiger partial charge is 0.123 e. The Morgan fingerprint density at radius 1 is 1.41 bits per heavy atom. The summed E-state index contributed by atoms with van der Waals surface area (Å²) in [6.45, 7) is 5.85. The van der Waals surface area contributed by atoms with Gasteiger partial charge in [-0.1, -0.05) is 19.1 Å². The summed E-state index contributed by atoms with van der Waals surface area (Å²) in [6.07, 6.45) is 1.87. The first kappa shape index (κ1) is 14.1. The molecule has 0 saturated carbocycles. The Hall–Kier alpha value is -0.930. The predicted octanol–water partition coefficient (Wildman–Crippen LogP) is 2.43. The minimum atomic E-state index is -0.181. The molecule has 2 nitrogen and oxygen atoms in total. The molecule has 0 aliphatic rings. The molecule has 0 saturated heterocycles. The second kappa shape index (κ2) is 6.12. The van der Waals surface area contributed by atoms with Crippen molar-refractivity contribution in [3.63, 3.8) is 0 Å². The van der Waals surface area contributed by atoms with Gasteiger partial charge in [0.2, 0.25) is 0 Å². The Morgan fingerprint density at radius 3 is 2.65 bits per heavy atom. The molecule has 3 heteroatoms. The first-order valence-corrected chi connectivity index (χ1v) is 6.17. The second-order valence-corrected chi connectivity index (χ2v) is 4.93. The quantitative estimate of drug-likeness (QED) is 0.824. The van der Waals surface area contributed by atoms with Gasteiger partial charge in [0.1, 0.15) is 5.82 Å². The van der Waals surface area contributed by atoms with Gasteiger partial charge in [0.05, 0.1) is 0 Å². The number of rotatable bonds is 6. The van der Waals surface area contributed by atoms with Crippen molar-refractivity contribution < 1.29 is 4.39 Å². The maximum atomic E-state index is 13.2. The Balaban J connectivity index is 2.81. The predicted molar refractivity (Wildman–Crippen MR) is 70.5 cm³/mol. The topological polar surface area (TPSA) is 29.3 Å². The highest BCUT2D eigenvalue weighted by Gasteiger charge is 2.27. The highest BCUT2D eigenvalue weighted by Crippen LogP contribution is 2.19. The van der Waals surface area contributed by atoms with Gasteiger partial charge in [-0.3, -0.25) is 4.90 Å². The number of halogens is 1. The molecule has 0 heterocycles. The number of benzene rings is 1. The molecular formula is C14H23FN2. The van der Waals surface area contributed by atoms with E-state index in [2.05, 4.69) is 25.8 Å². The molecular weight excluding hydrogens is 215 g/mol. The van der Waals surface area contributed by atoms with Crippen LogP contribution >= 0.6 is 0 Å². The van der Waals surface area contributed by atoms with Crippen LogP contribution in [0.5, 0.6) is 0 Å². The minimum Gasteiger partial charge on any atom is -0.329 e. The average molecular weight is 238 g/mol. The van der Waals surface area contributed by atoms with Crippen LogP contribution in [0.1, 0.15) is 25.8 Å². The van der Waals surface area contributed by atoms with Crippen LogP contribution in [-0.4, -0.2) is 30.6 Å². The second-order valence-electron chi connectivity index (χ2n) is 4.93. The number of hydrogen-bond donors (Lipinski definition) is 1. The molecule has 0 aliphatic heterocycles. The maximum absolute atomic E-state index is 13.2. The van der Waals surface area contributed by atoms with E-state index >= 15 is 0 Å². The summed E-state index contributed by atoms with van der Waals surface area (Å²) < 4.78 is 13.2. The van der Waals surface area contributed by atoms with Crippen LogP contribution in [0.2, 0.25) is 0 Å². The molecule has 1 atom stereocenters. The summed E-state index contributed by atoms with van der Waals surface area (Å²) in [7, 11) is 2.08. The normalized spacial score (nSPS) is 14.9. The molecule has 0 aliphatic carbocycles. The molecule has 1 aromatic carbocycles. The monoisotopic (exact) mass is 238 g/mol. The van der Waals surface area contributed by atoms with Crippen molar-refractivity contribution in [1.82, 2.24) is 4.90 Å². The zero-order valence-electron chi connectivity index (χ0n) is 11.0. The Bertz CT molecular complexity index is 354. The van der Waals surface area contributed by atoms with Gasteiger partial charge in [-0.15, -0.1) is 0 Å². The van der Waals surface area contributed by atoms with Crippen molar-refractivity contribution in [2.24, 2.45) is 5.73 Å². The lowest BCUT2D eigenvalue weighted by molar-refractivity contribution is 0.144. The lowest BCUT2D eigenvalue weighted by Gasteiger charge is -2.38. The molecule has 17 heavy (non-hydrogen) atoms. The van der Waals surface area contributed by atoms with E-state index in [0.29, 0.717) is 6.54 Å². The van der Waals surface area contributed by atoms with Gasteiger partial charge in [0.15, 0.2) is 0 Å². The Morgan fingerprint density at radius 2 is 2.12 bits per heavy atom. The third kappa shape index (κ3) is 3.79. The summed E-state index contributed by atoms with van der Waals surface area (Å²) in [5.41, 5.74) is 6.78. The summed E-state index contributed by atoms with van der Waals surface area (Å²) in [5, 5.41) is 0. The van der Waals surface area contributed by atoms with E-state index in [1.807, 2.05) is 6.07 Å². The Kier molecular flexibility index (Phi) is 5.09. The van der Waals surface area contributed by atoms with Gasteiger partial charge in [0.25, 0.3) is 0 Å². The van der Waals surface area contributed by atoms with Crippen molar-refractivity contribution >= 4 is 0 Å². The van der Waals surface area contributed by atoms with E-state index in [1.54, 1.807) is 12.1 Å². The fourth-order valence-corrected chi connectivity index (χ4v) is 2.05. The molecule has 2 N–H and O–H groups in total. The van der Waals surface area contributed by atoms with Crippen LogP contribution in [0.4, 0.5) is 4.39 Å². The van der Waals surface area contributed by atoms with E-state index in [-0.39, 0.29) is 11.4 Å². The van der Waals surface area contributed by atoms with Crippen molar-refractivity contribution in [3.05, 3.63) is 35.6 Å². The highest BCUT2D eigenvalue weighted by molar-refractivity contribution is 5.19. The molecule has 0 amide bonds. The zero-order chi connectivity index (χ0) is 12.9. The molecule has 0 aromatic heterocycles. The number of likely N-dealkylation sites (N-methyl/N-ethyl adjacent to an activating group) is 1. The summed E-state index contributed by atoms with van der Waals surface area (Å²) in [6, 6.07) is 6.77. The van der Waals surface area contributed by atoms with E-state index in [0.717, 1.165) is 24.9 Å². The zero-order valence-corrected chi connectivity index (χ0v) is 11.0. The van der Waals surface area contributed by atoms with E-state index < -0.39 is 0 Å². The molecule has 0 fully saturated rings. The van der Waals surface area contributed by atoms with Gasteiger partial charge in [0, 0.05) is 12.1 Å². The lowest BCUT2D eigenvalue weighted by atomic mass is 9.91. The standard InChI is InChI=1S/C14H23FN2/c1-4-8-17(3)14(2,11-16)10-12-6-5-7-13(15)9-12/h5-7,9H,4,8,10-11,16H2,1-3H3. The van der Waals surface area contributed by atoms with Gasteiger partial charge in [-0.2, -0.15) is 0 Å². The number of nitrogens with zero attached hydrogens (tertiary/aromatic N) is 1. The molecule has 0 radical (unpaired) electrons. The Labute approximate surface area is 104 Å². The van der Waals surface area contributed by atoms with Crippen LogP contribution < -0.4 is 5.73 Å². The number of nitrogens with two attached hydrogens (primary N) is 1. The third-order valence-electron chi connectivity index (χ3n) is 3.39. The van der Waals surface area contributed by atoms with Crippen molar-refractivity contribution in [1.29, 1.82) is 0 Å². The van der Waals surface area contributed by atoms with Crippen LogP contribution in [0.15, 0.2) is 24.3 Å². The number of hydrogen-bond acceptors (Lipinski definition) is 2. The average Bonchev–Trinajstić information content (AvgIpc) is 2.29. The van der Waals surface area contributed by atoms with Crippen molar-refractivity contribution in [2.45, 2.75) is 32.2 Å². The van der Waals surface area contributed by atoms with E-state index in [9.17, 15) is 4.39 Å². The van der Waals surface area contributed by atoms with Gasteiger partial charge in [-0.25, -0.2) is 4.39 Å². The van der Waals surface area contributed by atoms with Crippen molar-refractivity contribution in [2.75, 3.05) is 20.1 Å². The summed E-state index contributed by atoms with van der Waals surface area (Å²) >= 11 is 0. The SMILES string of the molecule is CCCN(C)C(C)(CN)Cc1cccc(F)c1. The first-order chi connectivity index (χ1) is 8.01. The minimum absolute atomic E-state index is 0.107. The third-order valence-corrected chi connectivity index (χ3v) is 3.39. The molecule has 0 spiro atoms. The van der Waals surface area contributed by atoms with Crippen LogP contribution in [0.25, 0.3) is 0 Å². The largest absolute Gasteiger partial charge is 0.329 e. The van der Waals surface area contributed by atoms with Gasteiger partial charge in [-0.05, 0) is 51.1 Å². The van der Waals surface area contributed by atoms with E-state index in [4.69, 9.17) is 5.73 Å². The lowest BCUT2D eigenvalue weighted by Crippen LogP contribution is -2.51. The van der Waals surface area contributed by atoms with Crippen LogP contribution in [0, 0.1) is 5.82 Å². The van der Waals surface area contributed by atoms with Crippen LogP contribution in [0.3, 0.4) is 0 Å². The molecule has 0 bridgehead atoms.